The van der Waals surface area contributed by atoms with E-state index in [2.05, 4.69) is 19.2 Å². The highest BCUT2D eigenvalue weighted by Crippen LogP contribution is 2.21. The zero-order valence-corrected chi connectivity index (χ0v) is 61.9. The Bertz CT molecular complexity index is 1320. The highest BCUT2D eigenvalue weighted by atomic mass is 16.5. The average molecular weight is 1270 g/mol. The molecule has 0 saturated heterocycles. The van der Waals surface area contributed by atoms with Crippen LogP contribution < -0.4 is 5.32 Å². The number of aliphatic hydroxyl groups is 2. The molecule has 0 spiro atoms. The lowest BCUT2D eigenvalue weighted by atomic mass is 10.0. The second kappa shape index (κ2) is 80.3. The third-order valence-corrected chi connectivity index (χ3v) is 20.4. The van der Waals surface area contributed by atoms with E-state index in [0.717, 1.165) is 38.5 Å². The number of nitrogens with one attached hydrogen (secondary N) is 1. The van der Waals surface area contributed by atoms with Crippen molar-refractivity contribution in [3.63, 3.8) is 0 Å². The van der Waals surface area contributed by atoms with Crippen molar-refractivity contribution in [1.82, 2.24) is 5.32 Å². The molecule has 0 aliphatic heterocycles. The van der Waals surface area contributed by atoms with Gasteiger partial charge in [-0.15, -0.1) is 0 Å². The molecule has 0 fully saturated rings. The van der Waals surface area contributed by atoms with Crippen LogP contribution in [0.3, 0.4) is 0 Å². The predicted octanol–water partition coefficient (Wildman–Crippen LogP) is 28.1. The number of carbonyl (C=O) groups is 2. The van der Waals surface area contributed by atoms with Crippen molar-refractivity contribution in [2.24, 2.45) is 0 Å². The Labute approximate surface area is 566 Å². The number of aliphatic hydroxyl groups excluding tert-OH is 2. The van der Waals surface area contributed by atoms with Crippen LogP contribution in [-0.2, 0) is 14.3 Å². The number of esters is 1. The van der Waals surface area contributed by atoms with Gasteiger partial charge >= 0.3 is 5.97 Å². The van der Waals surface area contributed by atoms with Crippen LogP contribution in [0.2, 0.25) is 0 Å². The van der Waals surface area contributed by atoms with Gasteiger partial charge in [-0.1, -0.05) is 463 Å². The quantitative estimate of drug-likeness (QED) is 0.0417. The first-order valence-corrected chi connectivity index (χ1v) is 42.3. The van der Waals surface area contributed by atoms with Gasteiger partial charge in [0.15, 0.2) is 0 Å². The fraction of sp³-hybridized carbons (Fsp3) is 0.976. The lowest BCUT2D eigenvalue weighted by Crippen LogP contribution is -2.45. The molecule has 538 valence electrons. The summed E-state index contributed by atoms with van der Waals surface area (Å²) in [6, 6.07) is -0.537. The fourth-order valence-corrected chi connectivity index (χ4v) is 14.0. The monoisotopic (exact) mass is 1270 g/mol. The summed E-state index contributed by atoms with van der Waals surface area (Å²) in [6.07, 6.45) is 101. The van der Waals surface area contributed by atoms with Gasteiger partial charge < -0.3 is 20.3 Å². The molecule has 0 rings (SSSR count). The number of carbonyl (C=O) groups excluding carboxylic acids is 2. The van der Waals surface area contributed by atoms with E-state index in [-0.39, 0.29) is 18.5 Å². The molecule has 2 unspecified atom stereocenters. The van der Waals surface area contributed by atoms with E-state index in [1.807, 2.05) is 0 Å². The van der Waals surface area contributed by atoms with Crippen molar-refractivity contribution in [3.8, 4) is 0 Å². The first kappa shape index (κ1) is 88.9. The lowest BCUT2D eigenvalue weighted by molar-refractivity contribution is -0.143. The van der Waals surface area contributed by atoms with Gasteiger partial charge in [-0.05, 0) is 25.7 Å². The molecule has 1 amide bonds. The van der Waals surface area contributed by atoms with Crippen LogP contribution in [0.4, 0.5) is 0 Å². The van der Waals surface area contributed by atoms with Crippen molar-refractivity contribution >= 4 is 11.9 Å². The van der Waals surface area contributed by atoms with Gasteiger partial charge in [-0.2, -0.15) is 0 Å². The highest BCUT2D eigenvalue weighted by molar-refractivity contribution is 5.76. The van der Waals surface area contributed by atoms with Crippen LogP contribution in [0.5, 0.6) is 0 Å². The van der Waals surface area contributed by atoms with Gasteiger partial charge in [-0.25, -0.2) is 0 Å². The minimum atomic E-state index is -0.660. The normalized spacial score (nSPS) is 12.4. The zero-order chi connectivity index (χ0) is 64.9. The summed E-state index contributed by atoms with van der Waals surface area (Å²) in [5.41, 5.74) is 0. The second-order valence-corrected chi connectivity index (χ2v) is 29.5. The first-order valence-electron chi connectivity index (χ1n) is 42.3. The SMILES string of the molecule is CCCCCCCCCCCCCCCCCCCCCCC(O)C(CO)NC(=O)CCCCCCCCCCCCCCCCCCCCCCCCCCCCCCCCCCCCCCCCCOC(=O)CCCCCCCCCCCCCCCC. The van der Waals surface area contributed by atoms with E-state index in [0.29, 0.717) is 25.9 Å². The number of hydrogen-bond donors (Lipinski definition) is 3. The van der Waals surface area contributed by atoms with Crippen molar-refractivity contribution < 1.29 is 24.5 Å². The molecule has 0 aliphatic carbocycles. The van der Waals surface area contributed by atoms with Gasteiger partial charge in [0.1, 0.15) is 0 Å². The molecule has 0 heterocycles. The summed E-state index contributed by atoms with van der Waals surface area (Å²) < 4.78 is 5.51. The van der Waals surface area contributed by atoms with Crippen LogP contribution in [0, 0.1) is 0 Å². The van der Waals surface area contributed by atoms with Gasteiger partial charge in [0.05, 0.1) is 25.4 Å². The van der Waals surface area contributed by atoms with Crippen LogP contribution in [0.15, 0.2) is 0 Å². The summed E-state index contributed by atoms with van der Waals surface area (Å²) in [5.74, 6) is 0.00508. The first-order chi connectivity index (χ1) is 44.5. The molecule has 0 aromatic rings. The summed E-state index contributed by atoms with van der Waals surface area (Å²) in [6.45, 7) is 5.02. The fourth-order valence-electron chi connectivity index (χ4n) is 14.0. The Morgan fingerprint density at radius 3 is 0.678 bits per heavy atom. The summed E-state index contributed by atoms with van der Waals surface area (Å²) in [4.78, 5) is 24.6. The molecule has 90 heavy (non-hydrogen) atoms. The number of unbranched alkanes of at least 4 members (excludes halogenated alkanes) is 70. The minimum Gasteiger partial charge on any atom is -0.466 e. The molecule has 0 aliphatic rings. The molecule has 0 radical (unpaired) electrons. The van der Waals surface area contributed by atoms with E-state index < -0.39 is 12.1 Å². The van der Waals surface area contributed by atoms with E-state index in [4.69, 9.17) is 4.74 Å². The highest BCUT2D eigenvalue weighted by Gasteiger charge is 2.20. The van der Waals surface area contributed by atoms with E-state index in [9.17, 15) is 19.8 Å². The maximum atomic E-state index is 12.6. The molecule has 0 aromatic heterocycles. The summed E-state index contributed by atoms with van der Waals surface area (Å²) in [7, 11) is 0. The van der Waals surface area contributed by atoms with Crippen molar-refractivity contribution in [3.05, 3.63) is 0 Å². The molecule has 2 atom stereocenters. The topological polar surface area (TPSA) is 95.9 Å². The maximum absolute atomic E-state index is 12.6. The van der Waals surface area contributed by atoms with Crippen molar-refractivity contribution in [2.75, 3.05) is 13.2 Å². The third kappa shape index (κ3) is 75.9. The Morgan fingerprint density at radius 1 is 0.267 bits per heavy atom. The van der Waals surface area contributed by atoms with Crippen LogP contribution in [-0.4, -0.2) is 47.4 Å². The summed E-state index contributed by atoms with van der Waals surface area (Å²) in [5, 5.41) is 23.5. The van der Waals surface area contributed by atoms with Crippen molar-refractivity contribution in [1.29, 1.82) is 0 Å². The number of rotatable bonds is 81. The number of amides is 1. The molecular formula is C84H167NO5. The van der Waals surface area contributed by atoms with Gasteiger partial charge in [0.25, 0.3) is 0 Å². The largest absolute Gasteiger partial charge is 0.466 e. The van der Waals surface area contributed by atoms with E-state index >= 15 is 0 Å². The smallest absolute Gasteiger partial charge is 0.305 e. The molecule has 0 saturated carbocycles. The number of hydrogen-bond acceptors (Lipinski definition) is 5. The van der Waals surface area contributed by atoms with Crippen LogP contribution in [0.1, 0.15) is 502 Å². The Kier molecular flexibility index (Phi) is 79.3. The minimum absolute atomic E-state index is 0.0227. The van der Waals surface area contributed by atoms with Crippen molar-refractivity contribution in [2.45, 2.75) is 514 Å². The lowest BCUT2D eigenvalue weighted by Gasteiger charge is -2.22. The molecule has 6 heteroatoms. The van der Waals surface area contributed by atoms with Gasteiger partial charge in [-0.3, -0.25) is 9.59 Å². The second-order valence-electron chi connectivity index (χ2n) is 29.5. The molecular weight excluding hydrogens is 1100 g/mol. The molecule has 6 nitrogen and oxygen atoms in total. The maximum Gasteiger partial charge on any atom is 0.305 e. The summed E-state index contributed by atoms with van der Waals surface area (Å²) >= 11 is 0. The van der Waals surface area contributed by atoms with E-state index in [1.165, 1.54) is 430 Å². The predicted molar refractivity (Wildman–Crippen MR) is 398 cm³/mol. The standard InChI is InChI=1S/C84H167NO5/c1-3-5-7-9-11-13-15-17-19-20-21-43-46-49-52-56-60-64-68-72-76-82(87)81(80-86)85-83(88)77-73-69-65-61-57-53-50-47-44-41-39-37-35-33-31-29-27-25-23-22-24-26-28-30-32-34-36-38-40-42-45-48-51-55-59-63-67-71-75-79-90-84(89)78-74-70-66-62-58-54-18-16-14-12-10-8-6-4-2/h81-82,86-87H,3-80H2,1-2H3,(H,85,88). The molecule has 0 bridgehead atoms. The van der Waals surface area contributed by atoms with Gasteiger partial charge in [0, 0.05) is 12.8 Å². The zero-order valence-electron chi connectivity index (χ0n) is 61.9. The van der Waals surface area contributed by atoms with Gasteiger partial charge in [0.2, 0.25) is 5.91 Å². The van der Waals surface area contributed by atoms with Crippen LogP contribution in [0.25, 0.3) is 0 Å². The Balaban J connectivity index is 3.28. The Hall–Kier alpha value is -1.14. The van der Waals surface area contributed by atoms with Crippen LogP contribution >= 0.6 is 0 Å². The molecule has 0 aromatic carbocycles. The van der Waals surface area contributed by atoms with E-state index in [1.54, 1.807) is 0 Å². The molecule has 3 N–H and O–H groups in total. The number of ether oxygens (including phenoxy) is 1. The average Bonchev–Trinajstić information content (AvgIpc) is 3.63. The Morgan fingerprint density at radius 2 is 0.456 bits per heavy atom. The third-order valence-electron chi connectivity index (χ3n) is 20.4.